The van der Waals surface area contributed by atoms with Gasteiger partial charge < -0.3 is 15.3 Å². The van der Waals surface area contributed by atoms with Crippen LogP contribution in [0.4, 0.5) is 5.69 Å². The lowest BCUT2D eigenvalue weighted by molar-refractivity contribution is -0.139. The van der Waals surface area contributed by atoms with Crippen molar-refractivity contribution in [2.24, 2.45) is 5.92 Å². The largest absolute Gasteiger partial charge is 0.480 e. The summed E-state index contributed by atoms with van der Waals surface area (Å²) in [5, 5.41) is 12.3. The number of aryl methyl sites for hydroxylation is 2. The lowest BCUT2D eigenvalue weighted by atomic mass is 9.96. The Hall–Kier alpha value is -2.82. The average molecular weight is 380 g/mol. The Labute approximate surface area is 166 Å². The Morgan fingerprint density at radius 3 is 2.32 bits per heavy atom. The zero-order chi connectivity index (χ0) is 20.3. The number of carboxylic acid groups (broad SMARTS) is 1. The Bertz CT molecular complexity index is 840. The summed E-state index contributed by atoms with van der Waals surface area (Å²) >= 11 is 0. The number of amides is 1. The second-order valence-corrected chi connectivity index (χ2v) is 7.83. The molecular weight excluding hydrogens is 352 g/mol. The summed E-state index contributed by atoms with van der Waals surface area (Å²) in [7, 11) is 0. The predicted molar refractivity (Wildman–Crippen MR) is 111 cm³/mol. The molecule has 148 valence electrons. The highest BCUT2D eigenvalue weighted by atomic mass is 16.4. The molecule has 2 aromatic carbocycles. The highest BCUT2D eigenvalue weighted by Crippen LogP contribution is 2.23. The molecule has 0 spiro atoms. The van der Waals surface area contributed by atoms with Crippen LogP contribution in [0.1, 0.15) is 40.4 Å². The summed E-state index contributed by atoms with van der Waals surface area (Å²) in [6.07, 6.45) is 1.45. The van der Waals surface area contributed by atoms with Crippen LogP contribution >= 0.6 is 0 Å². The molecule has 5 nitrogen and oxygen atoms in total. The van der Waals surface area contributed by atoms with Gasteiger partial charge in [0, 0.05) is 30.8 Å². The molecule has 2 N–H and O–H groups in total. The van der Waals surface area contributed by atoms with Crippen LogP contribution in [0.3, 0.4) is 0 Å². The monoisotopic (exact) mass is 380 g/mol. The van der Waals surface area contributed by atoms with Gasteiger partial charge in [-0.1, -0.05) is 25.1 Å². The van der Waals surface area contributed by atoms with E-state index in [1.165, 1.54) is 6.42 Å². The van der Waals surface area contributed by atoms with Gasteiger partial charge in [-0.3, -0.25) is 4.79 Å². The molecular formula is C23H28N2O3. The molecule has 0 saturated carbocycles. The lowest BCUT2D eigenvalue weighted by Gasteiger charge is -2.19. The molecule has 5 heteroatoms. The van der Waals surface area contributed by atoms with Gasteiger partial charge in [0.05, 0.1) is 0 Å². The fraction of sp³-hybridized carbons (Fsp3) is 0.391. The summed E-state index contributed by atoms with van der Waals surface area (Å²) in [5.74, 6) is -0.706. The van der Waals surface area contributed by atoms with Crippen LogP contribution in [0, 0.1) is 19.8 Å². The van der Waals surface area contributed by atoms with Crippen LogP contribution in [-0.4, -0.2) is 36.1 Å². The van der Waals surface area contributed by atoms with Crippen LogP contribution in [0.15, 0.2) is 42.5 Å². The van der Waals surface area contributed by atoms with Gasteiger partial charge in [-0.25, -0.2) is 4.79 Å². The molecule has 0 radical (unpaired) electrons. The topological polar surface area (TPSA) is 69.6 Å². The Morgan fingerprint density at radius 2 is 1.79 bits per heavy atom. The minimum absolute atomic E-state index is 0.267. The minimum Gasteiger partial charge on any atom is -0.480 e. The second-order valence-electron chi connectivity index (χ2n) is 7.83. The number of aliphatic carboxylic acids is 1. The van der Waals surface area contributed by atoms with E-state index in [4.69, 9.17) is 0 Å². The highest BCUT2D eigenvalue weighted by molar-refractivity contribution is 5.97. The maximum absolute atomic E-state index is 12.6. The standard InChI is InChI=1S/C23H28N2O3/c1-15-11-12-25(14-15)19-9-7-18(8-10-19)22(26)24-21(23(27)28)13-20-16(2)5-4-6-17(20)3/h4-10,15,21H,11-14H2,1-3H3,(H,24,26)(H,27,28)/t15?,21-/m0/s1. The van der Waals surface area contributed by atoms with Crippen molar-refractivity contribution in [3.05, 3.63) is 64.7 Å². The summed E-state index contributed by atoms with van der Waals surface area (Å²) in [6, 6.07) is 12.3. The van der Waals surface area contributed by atoms with Gasteiger partial charge in [-0.15, -0.1) is 0 Å². The first-order valence-electron chi connectivity index (χ1n) is 9.79. The van der Waals surface area contributed by atoms with E-state index in [1.54, 1.807) is 12.1 Å². The van der Waals surface area contributed by atoms with Gasteiger partial charge in [-0.2, -0.15) is 0 Å². The van der Waals surface area contributed by atoms with Crippen LogP contribution < -0.4 is 10.2 Å². The van der Waals surface area contributed by atoms with Gasteiger partial charge in [0.15, 0.2) is 0 Å². The van der Waals surface area contributed by atoms with Gasteiger partial charge >= 0.3 is 5.97 Å². The quantitative estimate of drug-likeness (QED) is 0.804. The number of hydrogen-bond donors (Lipinski definition) is 2. The van der Waals surface area contributed by atoms with E-state index in [0.717, 1.165) is 35.5 Å². The van der Waals surface area contributed by atoms with E-state index in [1.807, 2.05) is 44.2 Å². The van der Waals surface area contributed by atoms with E-state index in [2.05, 4.69) is 17.1 Å². The second kappa shape index (κ2) is 8.46. The molecule has 1 saturated heterocycles. The number of hydrogen-bond acceptors (Lipinski definition) is 3. The van der Waals surface area contributed by atoms with Crippen LogP contribution in [0.5, 0.6) is 0 Å². The molecule has 1 aliphatic heterocycles. The van der Waals surface area contributed by atoms with E-state index in [-0.39, 0.29) is 12.3 Å². The Morgan fingerprint density at radius 1 is 1.14 bits per heavy atom. The fourth-order valence-corrected chi connectivity index (χ4v) is 3.81. The van der Waals surface area contributed by atoms with Gasteiger partial charge in [0.25, 0.3) is 5.91 Å². The first-order chi connectivity index (χ1) is 13.3. The Balaban J connectivity index is 1.69. The van der Waals surface area contributed by atoms with Crippen molar-refractivity contribution in [1.82, 2.24) is 5.32 Å². The van der Waals surface area contributed by atoms with Gasteiger partial charge in [0.1, 0.15) is 6.04 Å². The molecule has 1 unspecified atom stereocenters. The van der Waals surface area contributed by atoms with Crippen molar-refractivity contribution in [3.63, 3.8) is 0 Å². The maximum Gasteiger partial charge on any atom is 0.326 e. The van der Waals surface area contributed by atoms with E-state index in [0.29, 0.717) is 11.5 Å². The molecule has 0 aliphatic carbocycles. The molecule has 28 heavy (non-hydrogen) atoms. The molecule has 1 heterocycles. The highest BCUT2D eigenvalue weighted by Gasteiger charge is 2.23. The normalized spacial score (nSPS) is 17.4. The number of nitrogens with one attached hydrogen (secondary N) is 1. The van der Waals surface area contributed by atoms with E-state index >= 15 is 0 Å². The zero-order valence-electron chi connectivity index (χ0n) is 16.7. The van der Waals surface area contributed by atoms with Gasteiger partial charge in [-0.05, 0) is 67.1 Å². The summed E-state index contributed by atoms with van der Waals surface area (Å²) in [6.45, 7) is 8.22. The third kappa shape index (κ3) is 4.53. The van der Waals surface area contributed by atoms with Crippen molar-refractivity contribution < 1.29 is 14.7 Å². The fourth-order valence-electron chi connectivity index (χ4n) is 3.81. The molecule has 0 aromatic heterocycles. The number of carbonyl (C=O) groups excluding carboxylic acids is 1. The third-order valence-electron chi connectivity index (χ3n) is 5.57. The smallest absolute Gasteiger partial charge is 0.326 e. The first-order valence-corrected chi connectivity index (χ1v) is 9.79. The predicted octanol–water partition coefficient (Wildman–Crippen LogP) is 3.58. The van der Waals surface area contributed by atoms with Crippen LogP contribution in [-0.2, 0) is 11.2 Å². The number of rotatable bonds is 6. The minimum atomic E-state index is -1.03. The molecule has 2 atom stereocenters. The SMILES string of the molecule is Cc1cccc(C)c1C[C@H](NC(=O)c1ccc(N2CCC(C)C2)cc1)C(=O)O. The lowest BCUT2D eigenvalue weighted by Crippen LogP contribution is -2.42. The van der Waals surface area contributed by atoms with Crippen LogP contribution in [0.25, 0.3) is 0 Å². The number of benzene rings is 2. The summed E-state index contributed by atoms with van der Waals surface area (Å²) in [5.41, 5.74) is 4.61. The van der Waals surface area contributed by atoms with Crippen molar-refractivity contribution >= 4 is 17.6 Å². The maximum atomic E-state index is 12.6. The van der Waals surface area contributed by atoms with Crippen molar-refractivity contribution in [2.75, 3.05) is 18.0 Å². The molecule has 1 amide bonds. The van der Waals surface area contributed by atoms with Crippen LogP contribution in [0.2, 0.25) is 0 Å². The third-order valence-corrected chi connectivity index (χ3v) is 5.57. The van der Waals surface area contributed by atoms with Gasteiger partial charge in [0.2, 0.25) is 0 Å². The average Bonchev–Trinajstić information content (AvgIpc) is 3.10. The zero-order valence-corrected chi connectivity index (χ0v) is 16.7. The molecule has 1 fully saturated rings. The molecule has 0 bridgehead atoms. The number of carboxylic acids is 1. The molecule has 2 aromatic rings. The summed E-state index contributed by atoms with van der Waals surface area (Å²) in [4.78, 5) is 26.7. The first kappa shape index (κ1) is 19.9. The van der Waals surface area contributed by atoms with Crippen molar-refractivity contribution in [1.29, 1.82) is 0 Å². The van der Waals surface area contributed by atoms with Crippen molar-refractivity contribution in [3.8, 4) is 0 Å². The Kier molecular flexibility index (Phi) is 6.02. The van der Waals surface area contributed by atoms with Crippen molar-refractivity contribution in [2.45, 2.75) is 39.7 Å². The number of nitrogens with zero attached hydrogens (tertiary/aromatic N) is 1. The molecule has 1 aliphatic rings. The number of carbonyl (C=O) groups is 2. The van der Waals surface area contributed by atoms with E-state index < -0.39 is 12.0 Å². The summed E-state index contributed by atoms with van der Waals surface area (Å²) < 4.78 is 0. The molecule has 3 rings (SSSR count). The number of anilines is 1. The van der Waals surface area contributed by atoms with E-state index in [9.17, 15) is 14.7 Å².